The van der Waals surface area contributed by atoms with Crippen LogP contribution < -0.4 is 10.2 Å². The van der Waals surface area contributed by atoms with Crippen LogP contribution in [0.3, 0.4) is 0 Å². The van der Waals surface area contributed by atoms with Crippen molar-refractivity contribution in [2.75, 3.05) is 50.8 Å². The molecule has 1 aliphatic heterocycles. The molecule has 7 nitrogen and oxygen atoms in total. The summed E-state index contributed by atoms with van der Waals surface area (Å²) < 4.78 is 6.33. The zero-order chi connectivity index (χ0) is 19.7. The number of nitrogens with one attached hydrogen (secondary N) is 1. The second-order valence-electron chi connectivity index (χ2n) is 7.79. The van der Waals surface area contributed by atoms with Gasteiger partial charge in [0.05, 0.1) is 12.1 Å². The molecule has 1 N–H and O–H groups in total. The van der Waals surface area contributed by atoms with Crippen LogP contribution in [0.25, 0.3) is 0 Å². The summed E-state index contributed by atoms with van der Waals surface area (Å²) in [7, 11) is 0. The summed E-state index contributed by atoms with van der Waals surface area (Å²) in [5, 5.41) is 3.49. The summed E-state index contributed by atoms with van der Waals surface area (Å²) in [6.45, 7) is 10.5. The molecule has 1 aromatic heterocycles. The summed E-state index contributed by atoms with van der Waals surface area (Å²) in [5.74, 6) is 1.83. The minimum Gasteiger partial charge on any atom is -0.373 e. The number of ether oxygens (including phenoxy) is 1. The second kappa shape index (κ2) is 12.5. The lowest BCUT2D eigenvalue weighted by Gasteiger charge is -2.38. The number of piperazine rings is 1. The number of aromatic nitrogens is 2. The third-order valence-corrected chi connectivity index (χ3v) is 5.64. The third-order valence-electron chi connectivity index (χ3n) is 5.64. The van der Waals surface area contributed by atoms with Crippen molar-refractivity contribution in [3.8, 4) is 0 Å². The van der Waals surface area contributed by atoms with Crippen LogP contribution in [-0.2, 0) is 4.74 Å². The van der Waals surface area contributed by atoms with Gasteiger partial charge in [0.2, 0.25) is 5.95 Å². The maximum atomic E-state index is 6.33. The number of hydrogen-bond donors (Lipinski definition) is 1. The predicted octanol–water partition coefficient (Wildman–Crippen LogP) is 3.31. The second-order valence-corrected chi connectivity index (χ2v) is 7.79. The first kappa shape index (κ1) is 24.1. The average Bonchev–Trinajstić information content (AvgIpc) is 2.77. The molecule has 0 bridgehead atoms. The van der Waals surface area contributed by atoms with Crippen LogP contribution in [0, 0.1) is 0 Å². The number of nitrogens with zero attached hydrogens (tertiary/aromatic N) is 5. The molecule has 0 aromatic carbocycles. The van der Waals surface area contributed by atoms with E-state index in [1.165, 1.54) is 19.3 Å². The first-order valence-corrected chi connectivity index (χ1v) is 11.0. The highest BCUT2D eigenvalue weighted by molar-refractivity contribution is 14.0. The first-order valence-electron chi connectivity index (χ1n) is 11.0. The van der Waals surface area contributed by atoms with E-state index in [1.54, 1.807) is 12.4 Å². The molecule has 0 radical (unpaired) electrons. The molecular formula is C21H37IN6O. The molecule has 2 heterocycles. The van der Waals surface area contributed by atoms with Gasteiger partial charge in [-0.25, -0.2) is 9.97 Å². The van der Waals surface area contributed by atoms with Crippen LogP contribution in [0.2, 0.25) is 0 Å². The van der Waals surface area contributed by atoms with Gasteiger partial charge in [-0.2, -0.15) is 0 Å². The van der Waals surface area contributed by atoms with Crippen LogP contribution in [-0.4, -0.2) is 72.3 Å². The van der Waals surface area contributed by atoms with Gasteiger partial charge in [-0.05, 0) is 32.3 Å². The van der Waals surface area contributed by atoms with Gasteiger partial charge in [0.15, 0.2) is 5.96 Å². The Labute approximate surface area is 192 Å². The van der Waals surface area contributed by atoms with Crippen LogP contribution in [0.15, 0.2) is 23.5 Å². The zero-order valence-corrected chi connectivity index (χ0v) is 20.3. The van der Waals surface area contributed by atoms with E-state index in [0.717, 1.165) is 77.0 Å². The molecule has 1 aromatic rings. The van der Waals surface area contributed by atoms with Crippen LogP contribution in [0.5, 0.6) is 0 Å². The maximum Gasteiger partial charge on any atom is 0.225 e. The fraction of sp³-hybridized carbons (Fsp3) is 0.762. The van der Waals surface area contributed by atoms with Crippen molar-refractivity contribution in [3.63, 3.8) is 0 Å². The Morgan fingerprint density at radius 1 is 1.10 bits per heavy atom. The number of halogens is 1. The van der Waals surface area contributed by atoms with Gasteiger partial charge in [0.25, 0.3) is 0 Å². The van der Waals surface area contributed by atoms with Gasteiger partial charge in [-0.3, -0.25) is 4.99 Å². The van der Waals surface area contributed by atoms with Gasteiger partial charge in [-0.15, -0.1) is 24.0 Å². The van der Waals surface area contributed by atoms with Crippen molar-refractivity contribution >= 4 is 35.9 Å². The standard InChI is InChI=1S/C21H36N6O.HI/c1-3-17-28-21(9-6-5-7-10-21)18-25-19(22-4-2)26-13-15-27(16-14-26)20-23-11-8-12-24-20;/h8,11-12H,3-7,9-10,13-18H2,1-2H3,(H,22,25);1H. The van der Waals surface area contributed by atoms with E-state index in [4.69, 9.17) is 9.73 Å². The van der Waals surface area contributed by atoms with Gasteiger partial charge >= 0.3 is 0 Å². The summed E-state index contributed by atoms with van der Waals surface area (Å²) >= 11 is 0. The molecule has 1 saturated carbocycles. The van der Waals surface area contributed by atoms with Gasteiger partial charge in [-0.1, -0.05) is 26.2 Å². The molecule has 0 unspecified atom stereocenters. The number of anilines is 1. The van der Waals surface area contributed by atoms with E-state index in [1.807, 2.05) is 6.07 Å². The summed E-state index contributed by atoms with van der Waals surface area (Å²) in [4.78, 5) is 18.4. The summed E-state index contributed by atoms with van der Waals surface area (Å²) in [6, 6.07) is 1.86. The zero-order valence-electron chi connectivity index (χ0n) is 18.0. The van der Waals surface area contributed by atoms with Gasteiger partial charge < -0.3 is 19.9 Å². The van der Waals surface area contributed by atoms with Crippen molar-refractivity contribution in [3.05, 3.63) is 18.5 Å². The molecule has 2 fully saturated rings. The Hall–Kier alpha value is -1.16. The average molecular weight is 516 g/mol. The lowest BCUT2D eigenvalue weighted by molar-refractivity contribution is -0.0625. The van der Waals surface area contributed by atoms with E-state index >= 15 is 0 Å². The van der Waals surface area contributed by atoms with E-state index in [2.05, 4.69) is 38.9 Å². The summed E-state index contributed by atoms with van der Waals surface area (Å²) in [5.41, 5.74) is -0.0609. The van der Waals surface area contributed by atoms with E-state index < -0.39 is 0 Å². The minimum atomic E-state index is -0.0609. The first-order chi connectivity index (χ1) is 13.8. The van der Waals surface area contributed by atoms with Crippen molar-refractivity contribution in [2.24, 2.45) is 4.99 Å². The Bertz CT molecular complexity index is 600. The number of aliphatic imine (C=N–C) groups is 1. The number of hydrogen-bond acceptors (Lipinski definition) is 5. The molecular weight excluding hydrogens is 479 g/mol. The smallest absolute Gasteiger partial charge is 0.225 e. The lowest BCUT2D eigenvalue weighted by atomic mass is 9.84. The molecule has 8 heteroatoms. The fourth-order valence-electron chi connectivity index (χ4n) is 4.08. The predicted molar refractivity (Wildman–Crippen MR) is 129 cm³/mol. The topological polar surface area (TPSA) is 65.9 Å². The molecule has 2 aliphatic rings. The van der Waals surface area contributed by atoms with Gasteiger partial charge in [0, 0.05) is 51.7 Å². The number of guanidine groups is 1. The Morgan fingerprint density at radius 2 is 1.79 bits per heavy atom. The largest absolute Gasteiger partial charge is 0.373 e. The highest BCUT2D eigenvalue weighted by Crippen LogP contribution is 2.32. The van der Waals surface area contributed by atoms with Crippen molar-refractivity contribution in [2.45, 2.75) is 58.0 Å². The lowest BCUT2D eigenvalue weighted by Crippen LogP contribution is -2.53. The highest BCUT2D eigenvalue weighted by atomic mass is 127. The quantitative estimate of drug-likeness (QED) is 0.341. The Kier molecular flexibility index (Phi) is 10.4. The van der Waals surface area contributed by atoms with E-state index in [0.29, 0.717) is 0 Å². The molecule has 0 atom stereocenters. The fourth-order valence-corrected chi connectivity index (χ4v) is 4.08. The van der Waals surface area contributed by atoms with Crippen LogP contribution in [0.4, 0.5) is 5.95 Å². The molecule has 0 amide bonds. The molecule has 29 heavy (non-hydrogen) atoms. The highest BCUT2D eigenvalue weighted by Gasteiger charge is 2.33. The third kappa shape index (κ3) is 6.94. The van der Waals surface area contributed by atoms with E-state index in [-0.39, 0.29) is 29.6 Å². The van der Waals surface area contributed by atoms with Gasteiger partial charge in [0.1, 0.15) is 0 Å². The molecule has 0 spiro atoms. The normalized spacial score (nSPS) is 19.6. The monoisotopic (exact) mass is 516 g/mol. The Morgan fingerprint density at radius 3 is 2.41 bits per heavy atom. The molecule has 1 aliphatic carbocycles. The molecule has 1 saturated heterocycles. The number of rotatable bonds is 7. The SMILES string of the molecule is CCCOC1(CN=C(NCC)N2CCN(c3ncccn3)CC2)CCCCC1.I. The van der Waals surface area contributed by atoms with Crippen LogP contribution >= 0.6 is 24.0 Å². The van der Waals surface area contributed by atoms with Crippen molar-refractivity contribution < 1.29 is 4.74 Å². The van der Waals surface area contributed by atoms with Crippen LogP contribution in [0.1, 0.15) is 52.4 Å². The molecule has 164 valence electrons. The Balaban J connectivity index is 0.00000300. The molecule has 3 rings (SSSR count). The van der Waals surface area contributed by atoms with Crippen molar-refractivity contribution in [1.82, 2.24) is 20.2 Å². The summed E-state index contributed by atoms with van der Waals surface area (Å²) in [6.07, 6.45) is 10.8. The maximum absolute atomic E-state index is 6.33. The van der Waals surface area contributed by atoms with Crippen molar-refractivity contribution in [1.29, 1.82) is 0 Å². The minimum absolute atomic E-state index is 0. The van der Waals surface area contributed by atoms with E-state index in [9.17, 15) is 0 Å².